The Kier molecular flexibility index (Phi) is 6.44. The number of carbonyl (C=O) groups is 2. The van der Waals surface area contributed by atoms with E-state index in [9.17, 15) is 14.7 Å². The highest BCUT2D eigenvalue weighted by Gasteiger charge is 2.45. The number of nitrogens with zero attached hydrogens (tertiary/aromatic N) is 3. The molecule has 3 rings (SSSR count). The summed E-state index contributed by atoms with van der Waals surface area (Å²) in [7, 11) is 0. The SMILES string of the molecule is CCN(CC)CCN1C(=O)C(=O)C(=C(O)c2ccc(C)cc2)[C@@H]1c1ccncc1. The number of aryl methyl sites for hydroxylation is 1. The molecule has 0 bridgehead atoms. The molecule has 2 aromatic rings. The second kappa shape index (κ2) is 9.01. The minimum absolute atomic E-state index is 0.129. The molecule has 152 valence electrons. The minimum atomic E-state index is -0.649. The van der Waals surface area contributed by atoms with Crippen LogP contribution in [0.4, 0.5) is 0 Å². The molecule has 0 radical (unpaired) electrons. The van der Waals surface area contributed by atoms with Crippen LogP contribution in [0.25, 0.3) is 5.76 Å². The van der Waals surface area contributed by atoms with Crippen molar-refractivity contribution < 1.29 is 14.7 Å². The third kappa shape index (κ3) is 4.22. The zero-order chi connectivity index (χ0) is 21.0. The van der Waals surface area contributed by atoms with Crippen molar-refractivity contribution in [3.63, 3.8) is 0 Å². The summed E-state index contributed by atoms with van der Waals surface area (Å²) < 4.78 is 0. The first kappa shape index (κ1) is 20.7. The summed E-state index contributed by atoms with van der Waals surface area (Å²) in [4.78, 5) is 33.6. The van der Waals surface area contributed by atoms with Crippen molar-refractivity contribution in [2.24, 2.45) is 0 Å². The third-order valence-corrected chi connectivity index (χ3v) is 5.44. The first-order valence-electron chi connectivity index (χ1n) is 9.95. The van der Waals surface area contributed by atoms with Gasteiger partial charge < -0.3 is 14.9 Å². The van der Waals surface area contributed by atoms with Crippen LogP contribution in [0.5, 0.6) is 0 Å². The zero-order valence-corrected chi connectivity index (χ0v) is 17.1. The predicted octanol–water partition coefficient (Wildman–Crippen LogP) is 3.15. The summed E-state index contributed by atoms with van der Waals surface area (Å²) in [5, 5.41) is 11.0. The average molecular weight is 393 g/mol. The van der Waals surface area contributed by atoms with Crippen LogP contribution in [0.1, 0.15) is 36.6 Å². The molecular weight excluding hydrogens is 366 g/mol. The van der Waals surface area contributed by atoms with Crippen molar-refractivity contribution in [3.05, 3.63) is 71.1 Å². The lowest BCUT2D eigenvalue weighted by atomic mass is 9.95. The molecular formula is C23H27N3O3. The number of hydrogen-bond acceptors (Lipinski definition) is 5. The predicted molar refractivity (Wildman–Crippen MR) is 112 cm³/mol. The molecule has 1 fully saturated rings. The number of likely N-dealkylation sites (N-methyl/N-ethyl adjacent to an activating group) is 1. The van der Waals surface area contributed by atoms with Crippen molar-refractivity contribution in [3.8, 4) is 0 Å². The molecule has 0 aliphatic carbocycles. The van der Waals surface area contributed by atoms with Gasteiger partial charge in [-0.2, -0.15) is 0 Å². The number of amides is 1. The summed E-state index contributed by atoms with van der Waals surface area (Å²) in [6.45, 7) is 8.88. The maximum absolute atomic E-state index is 12.9. The minimum Gasteiger partial charge on any atom is -0.507 e. The Balaban J connectivity index is 2.06. The maximum Gasteiger partial charge on any atom is 0.295 e. The van der Waals surface area contributed by atoms with Gasteiger partial charge in [0.25, 0.3) is 11.7 Å². The van der Waals surface area contributed by atoms with E-state index in [2.05, 4.69) is 23.7 Å². The van der Waals surface area contributed by atoms with Gasteiger partial charge in [0.1, 0.15) is 5.76 Å². The Labute approximate surface area is 171 Å². The van der Waals surface area contributed by atoms with Gasteiger partial charge in [-0.15, -0.1) is 0 Å². The van der Waals surface area contributed by atoms with Gasteiger partial charge in [-0.05, 0) is 37.7 Å². The van der Waals surface area contributed by atoms with E-state index >= 15 is 0 Å². The first-order valence-corrected chi connectivity index (χ1v) is 9.95. The highest BCUT2D eigenvalue weighted by Crippen LogP contribution is 2.39. The number of aromatic nitrogens is 1. The van der Waals surface area contributed by atoms with Crippen LogP contribution in [-0.2, 0) is 9.59 Å². The number of ketones is 1. The quantitative estimate of drug-likeness (QED) is 0.444. The molecule has 0 unspecified atom stereocenters. The Morgan fingerprint density at radius 3 is 2.28 bits per heavy atom. The number of carbonyl (C=O) groups excluding carboxylic acids is 2. The van der Waals surface area contributed by atoms with Gasteiger partial charge in [-0.25, -0.2) is 0 Å². The summed E-state index contributed by atoms with van der Waals surface area (Å²) in [5.74, 6) is -1.37. The van der Waals surface area contributed by atoms with E-state index in [1.807, 2.05) is 19.1 Å². The molecule has 1 N–H and O–H groups in total. The average Bonchev–Trinajstić information content (AvgIpc) is 3.00. The van der Waals surface area contributed by atoms with Crippen LogP contribution in [0, 0.1) is 6.92 Å². The highest BCUT2D eigenvalue weighted by molar-refractivity contribution is 6.46. The van der Waals surface area contributed by atoms with E-state index < -0.39 is 17.7 Å². The number of aliphatic hydroxyl groups excluding tert-OH is 1. The fraction of sp³-hybridized carbons (Fsp3) is 0.348. The van der Waals surface area contributed by atoms with Gasteiger partial charge in [0, 0.05) is 31.0 Å². The van der Waals surface area contributed by atoms with Gasteiger partial charge in [-0.3, -0.25) is 14.6 Å². The lowest BCUT2D eigenvalue weighted by Crippen LogP contribution is -2.38. The smallest absolute Gasteiger partial charge is 0.295 e. The topological polar surface area (TPSA) is 73.7 Å². The molecule has 2 heterocycles. The molecule has 1 saturated heterocycles. The number of rotatable bonds is 7. The summed E-state index contributed by atoms with van der Waals surface area (Å²) in [5.41, 5.74) is 2.46. The fourth-order valence-electron chi connectivity index (χ4n) is 3.66. The number of aliphatic hydroxyl groups is 1. The second-order valence-electron chi connectivity index (χ2n) is 7.17. The molecule has 1 aromatic carbocycles. The van der Waals surface area contributed by atoms with Crippen molar-refractivity contribution in [1.29, 1.82) is 0 Å². The molecule has 6 nitrogen and oxygen atoms in total. The Bertz CT molecular complexity index is 903. The molecule has 29 heavy (non-hydrogen) atoms. The van der Waals surface area contributed by atoms with Crippen molar-refractivity contribution in [2.45, 2.75) is 26.8 Å². The van der Waals surface area contributed by atoms with Crippen molar-refractivity contribution in [1.82, 2.24) is 14.8 Å². The monoisotopic (exact) mass is 393 g/mol. The first-order chi connectivity index (χ1) is 14.0. The van der Waals surface area contributed by atoms with Crippen LogP contribution in [0.3, 0.4) is 0 Å². The fourth-order valence-corrected chi connectivity index (χ4v) is 3.66. The lowest BCUT2D eigenvalue weighted by Gasteiger charge is -2.28. The van der Waals surface area contributed by atoms with Gasteiger partial charge in [0.15, 0.2) is 0 Å². The van der Waals surface area contributed by atoms with E-state index in [-0.39, 0.29) is 11.3 Å². The number of pyridine rings is 1. The van der Waals surface area contributed by atoms with Gasteiger partial charge in [-0.1, -0.05) is 43.7 Å². The molecule has 1 amide bonds. The lowest BCUT2D eigenvalue weighted by molar-refractivity contribution is -0.140. The largest absolute Gasteiger partial charge is 0.507 e. The van der Waals surface area contributed by atoms with Gasteiger partial charge in [0.2, 0.25) is 0 Å². The maximum atomic E-state index is 12.9. The Morgan fingerprint density at radius 1 is 1.07 bits per heavy atom. The normalized spacial score (nSPS) is 18.6. The summed E-state index contributed by atoms with van der Waals surface area (Å²) in [6, 6.07) is 10.2. The molecule has 1 aromatic heterocycles. The van der Waals surface area contributed by atoms with Crippen LogP contribution in [-0.4, -0.2) is 57.8 Å². The Hall–Kier alpha value is -2.99. The number of hydrogen-bond donors (Lipinski definition) is 1. The van der Waals surface area contributed by atoms with Gasteiger partial charge >= 0.3 is 0 Å². The second-order valence-corrected chi connectivity index (χ2v) is 7.17. The van der Waals surface area contributed by atoms with E-state index in [1.54, 1.807) is 41.6 Å². The third-order valence-electron chi connectivity index (χ3n) is 5.44. The zero-order valence-electron chi connectivity index (χ0n) is 17.1. The van der Waals surface area contributed by atoms with Crippen molar-refractivity contribution in [2.75, 3.05) is 26.2 Å². The number of likely N-dealkylation sites (tertiary alicyclic amines) is 1. The highest BCUT2D eigenvalue weighted by atomic mass is 16.3. The van der Waals surface area contributed by atoms with E-state index in [0.717, 1.165) is 24.2 Å². The van der Waals surface area contributed by atoms with Gasteiger partial charge in [0.05, 0.1) is 11.6 Å². The van der Waals surface area contributed by atoms with E-state index in [4.69, 9.17) is 0 Å². The van der Waals surface area contributed by atoms with Crippen molar-refractivity contribution >= 4 is 17.4 Å². The molecule has 1 aliphatic rings. The number of benzene rings is 1. The Morgan fingerprint density at radius 2 is 1.69 bits per heavy atom. The summed E-state index contributed by atoms with van der Waals surface area (Å²) >= 11 is 0. The van der Waals surface area contributed by atoms with Crippen LogP contribution < -0.4 is 0 Å². The molecule has 1 atom stereocenters. The van der Waals surface area contributed by atoms with Crippen LogP contribution in [0.15, 0.2) is 54.4 Å². The molecule has 0 saturated carbocycles. The molecule has 0 spiro atoms. The molecule has 1 aliphatic heterocycles. The molecule has 6 heteroatoms. The summed E-state index contributed by atoms with van der Waals surface area (Å²) in [6.07, 6.45) is 3.26. The van der Waals surface area contributed by atoms with Crippen LogP contribution >= 0.6 is 0 Å². The van der Waals surface area contributed by atoms with E-state index in [1.165, 1.54) is 0 Å². The van der Waals surface area contributed by atoms with E-state index in [0.29, 0.717) is 18.7 Å². The van der Waals surface area contributed by atoms with Crippen LogP contribution in [0.2, 0.25) is 0 Å². The standard InChI is InChI=1S/C23H27N3O3/c1-4-25(5-2)14-15-26-20(17-10-12-24-13-11-17)19(22(28)23(26)29)21(27)18-8-6-16(3)7-9-18/h6-13,20,27H,4-5,14-15H2,1-3H3/t20-/m0/s1. The number of Topliss-reactive ketones (excluding diaryl/α,β-unsaturated/α-hetero) is 1.